The molecule has 2 atom stereocenters. The summed E-state index contributed by atoms with van der Waals surface area (Å²) in [5, 5.41) is 12.4. The van der Waals surface area contributed by atoms with Gasteiger partial charge in [0, 0.05) is 18.8 Å². The summed E-state index contributed by atoms with van der Waals surface area (Å²) in [6.45, 7) is 5.50. The first-order chi connectivity index (χ1) is 12.6. The fraction of sp³-hybridized carbons (Fsp3) is 0.600. The smallest absolute Gasteiger partial charge is 0.271 e. The van der Waals surface area contributed by atoms with Crippen LogP contribution in [0, 0.1) is 13.8 Å². The third-order valence-electron chi connectivity index (χ3n) is 4.58. The maximum Gasteiger partial charge on any atom is 0.271 e. The number of amides is 1. The Morgan fingerprint density at radius 3 is 2.67 bits per heavy atom. The first kappa shape index (κ1) is 19.7. The molecule has 1 aliphatic heterocycles. The van der Waals surface area contributed by atoms with E-state index in [1.54, 1.807) is 18.7 Å². The Bertz CT molecular complexity index is 966. The normalized spacial score (nSPS) is 19.9. The minimum absolute atomic E-state index is 0.0156. The first-order valence-corrected chi connectivity index (χ1v) is 11.2. The maximum absolute atomic E-state index is 12.7. The van der Waals surface area contributed by atoms with Crippen molar-refractivity contribution in [1.29, 1.82) is 0 Å². The number of nitrogen functional groups attached to an aromatic ring is 1. The molecule has 10 nitrogen and oxygen atoms in total. The topological polar surface area (TPSA) is 129 Å². The molecule has 12 heteroatoms. The molecule has 0 aliphatic carbocycles. The van der Waals surface area contributed by atoms with E-state index in [1.807, 2.05) is 19.9 Å². The molecule has 0 radical (unpaired) electrons. The van der Waals surface area contributed by atoms with Gasteiger partial charge in [-0.25, -0.2) is 17.8 Å². The van der Waals surface area contributed by atoms with Crippen molar-refractivity contribution in [3.63, 3.8) is 0 Å². The van der Waals surface area contributed by atoms with Crippen LogP contribution in [0.1, 0.15) is 24.7 Å². The van der Waals surface area contributed by atoms with Gasteiger partial charge in [-0.05, 0) is 33.3 Å². The van der Waals surface area contributed by atoms with Gasteiger partial charge < -0.3 is 10.7 Å². The van der Waals surface area contributed by atoms with Crippen LogP contribution < -0.4 is 5.84 Å². The lowest BCUT2D eigenvalue weighted by Gasteiger charge is -2.26. The molecule has 0 bridgehead atoms. The fourth-order valence-electron chi connectivity index (χ4n) is 3.08. The number of nitrogens with zero attached hydrogens (tertiary/aromatic N) is 6. The summed E-state index contributed by atoms with van der Waals surface area (Å²) in [4.78, 5) is 14.2. The Hall–Kier alpha value is -2.08. The molecule has 1 aliphatic rings. The number of aromatic nitrogens is 5. The molecular formula is C15H23N7O3S2. The van der Waals surface area contributed by atoms with Crippen LogP contribution in [0.15, 0.2) is 11.2 Å². The average Bonchev–Trinajstić information content (AvgIpc) is 3.24. The summed E-state index contributed by atoms with van der Waals surface area (Å²) < 4.78 is 26.2. The monoisotopic (exact) mass is 413 g/mol. The molecule has 1 fully saturated rings. The summed E-state index contributed by atoms with van der Waals surface area (Å²) in [6.07, 6.45) is 0.469. The lowest BCUT2D eigenvalue weighted by Crippen LogP contribution is -2.41. The van der Waals surface area contributed by atoms with Crippen LogP contribution >= 0.6 is 11.8 Å². The Balaban J connectivity index is 1.72. The second-order valence-electron chi connectivity index (χ2n) is 6.76. The first-order valence-electron chi connectivity index (χ1n) is 8.47. The predicted octanol–water partition coefficient (Wildman–Crippen LogP) is -0.0795. The number of sulfone groups is 1. The number of thioether (sulfide) groups is 1. The highest BCUT2D eigenvalue weighted by atomic mass is 32.2. The molecule has 2 aromatic heterocycles. The molecule has 0 aromatic carbocycles. The zero-order chi connectivity index (χ0) is 19.9. The van der Waals surface area contributed by atoms with E-state index in [0.717, 1.165) is 11.4 Å². The summed E-state index contributed by atoms with van der Waals surface area (Å²) >= 11 is 1.18. The molecule has 3 rings (SSSR count). The van der Waals surface area contributed by atoms with Crippen molar-refractivity contribution in [3.8, 4) is 5.95 Å². The van der Waals surface area contributed by atoms with Crippen molar-refractivity contribution >= 4 is 27.5 Å². The Morgan fingerprint density at radius 2 is 2.11 bits per heavy atom. The molecule has 2 N–H and O–H groups in total. The lowest BCUT2D eigenvalue weighted by atomic mass is 10.2. The second kappa shape index (κ2) is 7.15. The SMILES string of the molecule is Cc1cc(C)n(-c2nnc(SC(C)C(=O)N(C)C3CCS(=O)(=O)C3)n2N)n1. The van der Waals surface area contributed by atoms with Crippen LogP contribution in [0.25, 0.3) is 5.95 Å². The minimum atomic E-state index is -3.05. The molecule has 2 aromatic rings. The minimum Gasteiger partial charge on any atom is -0.341 e. The van der Waals surface area contributed by atoms with Crippen molar-refractivity contribution in [2.75, 3.05) is 24.4 Å². The molecule has 3 heterocycles. The molecule has 1 amide bonds. The highest BCUT2D eigenvalue weighted by Crippen LogP contribution is 2.25. The van der Waals surface area contributed by atoms with E-state index < -0.39 is 15.1 Å². The summed E-state index contributed by atoms with van der Waals surface area (Å²) in [7, 11) is -1.41. The average molecular weight is 414 g/mol. The zero-order valence-corrected chi connectivity index (χ0v) is 17.3. The van der Waals surface area contributed by atoms with E-state index >= 15 is 0 Å². The van der Waals surface area contributed by atoms with Crippen LogP contribution in [-0.4, -0.2) is 73.7 Å². The van der Waals surface area contributed by atoms with Crippen LogP contribution in [0.5, 0.6) is 0 Å². The van der Waals surface area contributed by atoms with E-state index in [0.29, 0.717) is 17.5 Å². The van der Waals surface area contributed by atoms with E-state index in [4.69, 9.17) is 5.84 Å². The van der Waals surface area contributed by atoms with Gasteiger partial charge in [0.15, 0.2) is 9.84 Å². The molecule has 2 unspecified atom stereocenters. The van der Waals surface area contributed by atoms with Gasteiger partial charge >= 0.3 is 0 Å². The van der Waals surface area contributed by atoms with Gasteiger partial charge in [0.2, 0.25) is 11.1 Å². The van der Waals surface area contributed by atoms with Gasteiger partial charge in [0.1, 0.15) is 0 Å². The summed E-state index contributed by atoms with van der Waals surface area (Å²) in [5.41, 5.74) is 1.70. The number of carbonyl (C=O) groups is 1. The predicted molar refractivity (Wildman–Crippen MR) is 102 cm³/mol. The van der Waals surface area contributed by atoms with Crippen LogP contribution in [-0.2, 0) is 14.6 Å². The van der Waals surface area contributed by atoms with Crippen LogP contribution in [0.2, 0.25) is 0 Å². The van der Waals surface area contributed by atoms with Crippen molar-refractivity contribution in [2.24, 2.45) is 0 Å². The van der Waals surface area contributed by atoms with Crippen molar-refractivity contribution in [1.82, 2.24) is 29.6 Å². The fourth-order valence-corrected chi connectivity index (χ4v) is 5.72. The summed E-state index contributed by atoms with van der Waals surface area (Å²) in [6, 6.07) is 1.62. The third-order valence-corrected chi connectivity index (χ3v) is 7.37. The Labute approximate surface area is 162 Å². The molecule has 27 heavy (non-hydrogen) atoms. The van der Waals surface area contributed by atoms with Crippen molar-refractivity contribution in [3.05, 3.63) is 17.5 Å². The third kappa shape index (κ3) is 3.95. The standard InChI is InChI=1S/C15H23N7O3S2/c1-9-7-10(2)22(19-9)14-17-18-15(21(14)16)26-11(3)13(23)20(4)12-5-6-27(24,25)8-12/h7,11-12H,5-6,8,16H2,1-4H3. The quantitative estimate of drug-likeness (QED) is 0.532. The highest BCUT2D eigenvalue weighted by molar-refractivity contribution is 8.00. The van der Waals surface area contributed by atoms with Gasteiger partial charge in [-0.3, -0.25) is 4.79 Å². The van der Waals surface area contributed by atoms with E-state index in [9.17, 15) is 13.2 Å². The summed E-state index contributed by atoms with van der Waals surface area (Å²) in [5.74, 6) is 6.43. The highest BCUT2D eigenvalue weighted by Gasteiger charge is 2.34. The number of nitrogens with two attached hydrogens (primary N) is 1. The molecule has 0 saturated carbocycles. The molecule has 1 saturated heterocycles. The van der Waals surface area contributed by atoms with Crippen LogP contribution in [0.4, 0.5) is 0 Å². The number of hydrogen-bond donors (Lipinski definition) is 1. The van der Waals surface area contributed by atoms with Crippen molar-refractivity contribution in [2.45, 2.75) is 43.6 Å². The second-order valence-corrected chi connectivity index (χ2v) is 10.3. The molecule has 148 valence electrons. The van der Waals surface area contributed by atoms with Gasteiger partial charge in [-0.15, -0.1) is 10.2 Å². The van der Waals surface area contributed by atoms with E-state index in [1.165, 1.54) is 21.3 Å². The Morgan fingerprint density at radius 1 is 1.41 bits per heavy atom. The van der Waals surface area contributed by atoms with Gasteiger partial charge in [-0.1, -0.05) is 11.8 Å². The van der Waals surface area contributed by atoms with Crippen molar-refractivity contribution < 1.29 is 13.2 Å². The maximum atomic E-state index is 12.7. The van der Waals surface area contributed by atoms with E-state index in [2.05, 4.69) is 15.3 Å². The number of hydrogen-bond acceptors (Lipinski definition) is 8. The lowest BCUT2D eigenvalue weighted by molar-refractivity contribution is -0.130. The van der Waals surface area contributed by atoms with Crippen LogP contribution in [0.3, 0.4) is 0 Å². The molecule has 0 spiro atoms. The van der Waals surface area contributed by atoms with E-state index in [-0.39, 0.29) is 23.5 Å². The number of rotatable bonds is 5. The molecular weight excluding hydrogens is 390 g/mol. The van der Waals surface area contributed by atoms with Gasteiger partial charge in [0.05, 0.1) is 22.4 Å². The zero-order valence-electron chi connectivity index (χ0n) is 15.7. The largest absolute Gasteiger partial charge is 0.341 e. The number of carbonyl (C=O) groups excluding carboxylic acids is 1. The van der Waals surface area contributed by atoms with Gasteiger partial charge in [0.25, 0.3) is 5.95 Å². The van der Waals surface area contributed by atoms with Gasteiger partial charge in [-0.2, -0.15) is 5.10 Å². The number of aryl methyl sites for hydroxylation is 2. The Kier molecular flexibility index (Phi) is 5.21.